The summed E-state index contributed by atoms with van der Waals surface area (Å²) in [5.41, 5.74) is 4.04. The SMILES string of the molecule is CCOC(=O)c1c(C)nc2sc3c(c2c1-c1ccc(OC)cc1)N[C@@H](c1ccccc1)NC3=O. The number of aryl methyl sites for hydroxylation is 1. The Morgan fingerprint density at radius 1 is 1.09 bits per heavy atom. The molecule has 7 nitrogen and oxygen atoms in total. The Bertz CT molecular complexity index is 1400. The first kappa shape index (κ1) is 21.9. The van der Waals surface area contributed by atoms with Crippen LogP contribution in [0.5, 0.6) is 5.75 Å². The smallest absolute Gasteiger partial charge is 0.340 e. The van der Waals surface area contributed by atoms with Gasteiger partial charge in [-0.1, -0.05) is 42.5 Å². The Labute approximate surface area is 200 Å². The third kappa shape index (κ3) is 3.66. The summed E-state index contributed by atoms with van der Waals surface area (Å²) in [6.45, 7) is 3.81. The predicted octanol–water partition coefficient (Wildman–Crippen LogP) is 5.31. The van der Waals surface area contributed by atoms with Crippen molar-refractivity contribution in [1.29, 1.82) is 0 Å². The highest BCUT2D eigenvalue weighted by Gasteiger charge is 2.33. The molecule has 1 amide bonds. The summed E-state index contributed by atoms with van der Waals surface area (Å²) in [6, 6.07) is 17.2. The van der Waals surface area contributed by atoms with Gasteiger partial charge in [0.1, 0.15) is 21.6 Å². The molecule has 2 aromatic heterocycles. The van der Waals surface area contributed by atoms with E-state index in [1.807, 2.05) is 54.6 Å². The minimum Gasteiger partial charge on any atom is -0.497 e. The highest BCUT2D eigenvalue weighted by molar-refractivity contribution is 7.21. The molecule has 2 N–H and O–H groups in total. The minimum atomic E-state index is -0.444. The van der Waals surface area contributed by atoms with Gasteiger partial charge in [-0.05, 0) is 37.1 Å². The number of methoxy groups -OCH3 is 1. The van der Waals surface area contributed by atoms with Gasteiger partial charge >= 0.3 is 5.97 Å². The van der Waals surface area contributed by atoms with Crippen LogP contribution in [0, 0.1) is 6.92 Å². The number of nitrogens with one attached hydrogen (secondary N) is 2. The van der Waals surface area contributed by atoms with Gasteiger partial charge in [-0.25, -0.2) is 9.78 Å². The molecule has 0 aliphatic carbocycles. The molecule has 4 aromatic rings. The van der Waals surface area contributed by atoms with Crippen molar-refractivity contribution in [2.45, 2.75) is 20.0 Å². The molecule has 3 heterocycles. The van der Waals surface area contributed by atoms with E-state index >= 15 is 0 Å². The lowest BCUT2D eigenvalue weighted by molar-refractivity contribution is 0.0526. The Kier molecular flexibility index (Phi) is 5.67. The lowest BCUT2D eigenvalue weighted by atomic mass is 9.94. The van der Waals surface area contributed by atoms with E-state index in [2.05, 4.69) is 10.6 Å². The van der Waals surface area contributed by atoms with Crippen molar-refractivity contribution < 1.29 is 19.1 Å². The van der Waals surface area contributed by atoms with E-state index in [1.165, 1.54) is 11.3 Å². The standard InChI is InChI=1S/C26H23N3O4S/c1-4-33-26(31)18-14(2)27-25-20(19(18)15-10-12-17(32-3)13-11-15)21-22(34-25)24(30)29-23(28-21)16-8-6-5-7-9-16/h5-13,23,28H,4H2,1-3H3,(H,29,30)/t23-/m1/s1. The summed E-state index contributed by atoms with van der Waals surface area (Å²) >= 11 is 1.31. The number of aromatic nitrogens is 1. The number of pyridine rings is 1. The zero-order valence-corrected chi connectivity index (χ0v) is 19.8. The number of benzene rings is 2. The second-order valence-corrected chi connectivity index (χ2v) is 8.84. The Balaban J connectivity index is 1.78. The number of nitrogens with zero attached hydrogens (tertiary/aromatic N) is 1. The molecule has 1 atom stereocenters. The van der Waals surface area contributed by atoms with Crippen LogP contribution < -0.4 is 15.4 Å². The summed E-state index contributed by atoms with van der Waals surface area (Å²) in [5, 5.41) is 7.23. The van der Waals surface area contributed by atoms with Gasteiger partial charge < -0.3 is 20.1 Å². The molecule has 8 heteroatoms. The highest BCUT2D eigenvalue weighted by Crippen LogP contribution is 2.46. The van der Waals surface area contributed by atoms with Crippen molar-refractivity contribution in [3.8, 4) is 16.9 Å². The summed E-state index contributed by atoms with van der Waals surface area (Å²) in [4.78, 5) is 32.1. The van der Waals surface area contributed by atoms with Crippen LogP contribution >= 0.6 is 11.3 Å². The van der Waals surface area contributed by atoms with Gasteiger partial charge in [0, 0.05) is 10.9 Å². The van der Waals surface area contributed by atoms with Crippen molar-refractivity contribution in [2.24, 2.45) is 0 Å². The van der Waals surface area contributed by atoms with E-state index in [1.54, 1.807) is 21.0 Å². The monoisotopic (exact) mass is 473 g/mol. The third-order valence-corrected chi connectivity index (χ3v) is 6.86. The number of ether oxygens (including phenoxy) is 2. The number of esters is 1. The molecule has 34 heavy (non-hydrogen) atoms. The van der Waals surface area contributed by atoms with Crippen LogP contribution in [0.3, 0.4) is 0 Å². The van der Waals surface area contributed by atoms with Crippen molar-refractivity contribution in [2.75, 3.05) is 19.0 Å². The highest BCUT2D eigenvalue weighted by atomic mass is 32.1. The van der Waals surface area contributed by atoms with Crippen LogP contribution in [-0.4, -0.2) is 30.6 Å². The van der Waals surface area contributed by atoms with Crippen molar-refractivity contribution >= 4 is 39.1 Å². The number of carbonyl (C=O) groups is 2. The van der Waals surface area contributed by atoms with Crippen molar-refractivity contribution in [3.63, 3.8) is 0 Å². The average molecular weight is 474 g/mol. The summed E-state index contributed by atoms with van der Waals surface area (Å²) in [6.07, 6.45) is -0.407. The lowest BCUT2D eigenvalue weighted by Gasteiger charge is -2.27. The van der Waals surface area contributed by atoms with Crippen LogP contribution in [0.2, 0.25) is 0 Å². The van der Waals surface area contributed by atoms with E-state index in [0.29, 0.717) is 38.0 Å². The van der Waals surface area contributed by atoms with Gasteiger partial charge in [-0.2, -0.15) is 0 Å². The van der Waals surface area contributed by atoms with Crippen LogP contribution in [0.25, 0.3) is 21.3 Å². The molecule has 0 radical (unpaired) electrons. The Hall–Kier alpha value is -3.91. The number of anilines is 1. The van der Waals surface area contributed by atoms with E-state index in [4.69, 9.17) is 14.5 Å². The molecular formula is C26H23N3O4S. The van der Waals surface area contributed by atoms with Gasteiger partial charge in [0.15, 0.2) is 0 Å². The van der Waals surface area contributed by atoms with Gasteiger partial charge in [-0.3, -0.25) is 4.79 Å². The minimum absolute atomic E-state index is 0.179. The fourth-order valence-corrected chi connectivity index (χ4v) is 5.33. The molecule has 2 aromatic carbocycles. The van der Waals surface area contributed by atoms with Gasteiger partial charge in [0.2, 0.25) is 0 Å². The van der Waals surface area contributed by atoms with Crippen molar-refractivity contribution in [3.05, 3.63) is 76.3 Å². The number of carbonyl (C=O) groups excluding carboxylic acids is 2. The lowest BCUT2D eigenvalue weighted by Crippen LogP contribution is -2.37. The number of hydrogen-bond donors (Lipinski definition) is 2. The number of thiophene rings is 1. The summed E-state index contributed by atoms with van der Waals surface area (Å²) in [7, 11) is 1.61. The van der Waals surface area contributed by atoms with Crippen LogP contribution in [-0.2, 0) is 4.74 Å². The van der Waals surface area contributed by atoms with Crippen LogP contribution in [0.15, 0.2) is 54.6 Å². The topological polar surface area (TPSA) is 89.6 Å². The maximum Gasteiger partial charge on any atom is 0.340 e. The summed E-state index contributed by atoms with van der Waals surface area (Å²) in [5.74, 6) is 0.0825. The van der Waals surface area contributed by atoms with E-state index in [9.17, 15) is 9.59 Å². The zero-order chi connectivity index (χ0) is 23.8. The first-order valence-corrected chi connectivity index (χ1v) is 11.7. The largest absolute Gasteiger partial charge is 0.497 e. The second kappa shape index (κ2) is 8.79. The molecule has 0 spiro atoms. The van der Waals surface area contributed by atoms with Crippen LogP contribution in [0.4, 0.5) is 5.69 Å². The van der Waals surface area contributed by atoms with E-state index < -0.39 is 12.1 Å². The van der Waals surface area contributed by atoms with Gasteiger partial charge in [0.25, 0.3) is 5.91 Å². The second-order valence-electron chi connectivity index (χ2n) is 7.84. The number of amides is 1. The molecule has 0 unspecified atom stereocenters. The molecule has 1 aliphatic rings. The molecule has 0 fully saturated rings. The number of hydrogen-bond acceptors (Lipinski definition) is 7. The van der Waals surface area contributed by atoms with Gasteiger partial charge in [0.05, 0.1) is 30.7 Å². The molecule has 1 aliphatic heterocycles. The predicted molar refractivity (Wildman–Crippen MR) is 133 cm³/mol. The van der Waals surface area contributed by atoms with Gasteiger partial charge in [-0.15, -0.1) is 11.3 Å². The number of fused-ring (bicyclic) bond motifs is 3. The maximum atomic E-state index is 13.1. The molecule has 0 bridgehead atoms. The Morgan fingerprint density at radius 3 is 2.50 bits per heavy atom. The maximum absolute atomic E-state index is 13.1. The first-order valence-electron chi connectivity index (χ1n) is 10.9. The molecule has 0 saturated carbocycles. The normalized spacial score (nSPS) is 14.8. The third-order valence-electron chi connectivity index (χ3n) is 5.78. The first-order chi connectivity index (χ1) is 16.5. The molecule has 172 valence electrons. The van der Waals surface area contributed by atoms with Crippen molar-refractivity contribution in [1.82, 2.24) is 10.3 Å². The molecular weight excluding hydrogens is 450 g/mol. The zero-order valence-electron chi connectivity index (χ0n) is 19.0. The fourth-order valence-electron chi connectivity index (χ4n) is 4.23. The molecule has 0 saturated heterocycles. The van der Waals surface area contributed by atoms with E-state index in [-0.39, 0.29) is 12.5 Å². The molecule has 5 rings (SSSR count). The quantitative estimate of drug-likeness (QED) is 0.382. The number of rotatable bonds is 5. The fraction of sp³-hybridized carbons (Fsp3) is 0.192. The van der Waals surface area contributed by atoms with E-state index in [0.717, 1.165) is 16.5 Å². The Morgan fingerprint density at radius 2 is 1.82 bits per heavy atom. The van der Waals surface area contributed by atoms with Crippen LogP contribution in [0.1, 0.15) is 44.4 Å². The summed E-state index contributed by atoms with van der Waals surface area (Å²) < 4.78 is 10.7. The average Bonchev–Trinajstić information content (AvgIpc) is 3.22.